The summed E-state index contributed by atoms with van der Waals surface area (Å²) in [7, 11) is 0. The average molecular weight is 179 g/mol. The van der Waals surface area contributed by atoms with E-state index in [9.17, 15) is 0 Å². The van der Waals surface area contributed by atoms with Crippen LogP contribution in [0.25, 0.3) is 0 Å². The SMILES string of the molecule is C#CC(C)(CC)Nc1nc(C)no1. The van der Waals surface area contributed by atoms with Gasteiger partial charge in [-0.25, -0.2) is 0 Å². The fourth-order valence-corrected chi connectivity index (χ4v) is 0.810. The molecule has 0 saturated heterocycles. The second-order valence-electron chi connectivity index (χ2n) is 3.10. The molecule has 0 amide bonds. The van der Waals surface area contributed by atoms with Gasteiger partial charge in [0.25, 0.3) is 0 Å². The van der Waals surface area contributed by atoms with Gasteiger partial charge < -0.3 is 9.84 Å². The molecule has 1 aromatic heterocycles. The van der Waals surface area contributed by atoms with E-state index in [0.29, 0.717) is 11.8 Å². The number of terminal acetylenes is 1. The van der Waals surface area contributed by atoms with Gasteiger partial charge in [0, 0.05) is 0 Å². The Morgan fingerprint density at radius 1 is 1.69 bits per heavy atom. The molecule has 0 spiro atoms. The maximum atomic E-state index is 5.37. The van der Waals surface area contributed by atoms with Gasteiger partial charge in [-0.15, -0.1) is 6.42 Å². The highest BCUT2D eigenvalue weighted by molar-refractivity contribution is 5.31. The van der Waals surface area contributed by atoms with Gasteiger partial charge >= 0.3 is 6.01 Å². The van der Waals surface area contributed by atoms with Gasteiger partial charge in [0.05, 0.1) is 5.54 Å². The maximum absolute atomic E-state index is 5.37. The van der Waals surface area contributed by atoms with E-state index in [0.717, 1.165) is 6.42 Å². The molecule has 0 aliphatic carbocycles. The van der Waals surface area contributed by atoms with Gasteiger partial charge in [-0.3, -0.25) is 0 Å². The zero-order valence-electron chi connectivity index (χ0n) is 8.09. The predicted octanol–water partition coefficient (Wildman–Crippen LogP) is 1.59. The van der Waals surface area contributed by atoms with Crippen LogP contribution in [0.2, 0.25) is 0 Å². The van der Waals surface area contributed by atoms with E-state index in [2.05, 4.69) is 21.4 Å². The van der Waals surface area contributed by atoms with Gasteiger partial charge in [-0.2, -0.15) is 4.98 Å². The quantitative estimate of drug-likeness (QED) is 0.716. The van der Waals surface area contributed by atoms with E-state index in [1.807, 2.05) is 13.8 Å². The maximum Gasteiger partial charge on any atom is 0.322 e. The number of aryl methyl sites for hydroxylation is 1. The lowest BCUT2D eigenvalue weighted by Gasteiger charge is -2.21. The van der Waals surface area contributed by atoms with Crippen molar-refractivity contribution < 1.29 is 4.52 Å². The summed E-state index contributed by atoms with van der Waals surface area (Å²) in [6.45, 7) is 5.66. The summed E-state index contributed by atoms with van der Waals surface area (Å²) in [5, 5.41) is 6.65. The molecule has 1 aromatic rings. The summed E-state index contributed by atoms with van der Waals surface area (Å²) in [6, 6.07) is 0.375. The summed E-state index contributed by atoms with van der Waals surface area (Å²) < 4.78 is 4.90. The first-order valence-electron chi connectivity index (χ1n) is 4.16. The smallest absolute Gasteiger partial charge is 0.322 e. The number of nitrogens with zero attached hydrogens (tertiary/aromatic N) is 2. The zero-order chi connectivity index (χ0) is 9.90. The van der Waals surface area contributed by atoms with Crippen molar-refractivity contribution in [2.75, 3.05) is 5.32 Å². The minimum absolute atomic E-state index is 0.375. The van der Waals surface area contributed by atoms with Crippen molar-refractivity contribution in [2.24, 2.45) is 0 Å². The van der Waals surface area contributed by atoms with Crippen molar-refractivity contribution in [1.29, 1.82) is 0 Å². The van der Waals surface area contributed by atoms with Crippen LogP contribution in [-0.4, -0.2) is 15.7 Å². The molecule has 1 rings (SSSR count). The fourth-order valence-electron chi connectivity index (χ4n) is 0.810. The molecule has 70 valence electrons. The Bertz CT molecular complexity index is 326. The Labute approximate surface area is 77.7 Å². The third-order valence-electron chi connectivity index (χ3n) is 1.94. The molecule has 4 heteroatoms. The number of aromatic nitrogens is 2. The van der Waals surface area contributed by atoms with E-state index >= 15 is 0 Å². The van der Waals surface area contributed by atoms with Crippen molar-refractivity contribution in [3.05, 3.63) is 5.82 Å². The molecular formula is C9H13N3O. The first-order chi connectivity index (χ1) is 6.09. The lowest BCUT2D eigenvalue weighted by atomic mass is 10.0. The fraction of sp³-hybridized carbons (Fsp3) is 0.556. The Morgan fingerprint density at radius 2 is 2.38 bits per heavy atom. The normalized spacial score (nSPS) is 14.6. The molecule has 1 atom stereocenters. The van der Waals surface area contributed by atoms with Crippen LogP contribution in [0.4, 0.5) is 6.01 Å². The standard InChI is InChI=1S/C9H13N3O/c1-5-9(4,6-2)11-8-10-7(3)12-13-8/h1H,6H2,2-4H3,(H,10,11,12). The zero-order valence-corrected chi connectivity index (χ0v) is 8.09. The molecule has 4 nitrogen and oxygen atoms in total. The van der Waals surface area contributed by atoms with Crippen molar-refractivity contribution in [1.82, 2.24) is 10.1 Å². The summed E-state index contributed by atoms with van der Waals surface area (Å²) >= 11 is 0. The van der Waals surface area contributed by atoms with Gasteiger partial charge in [-0.1, -0.05) is 18.0 Å². The summed E-state index contributed by atoms with van der Waals surface area (Å²) in [4.78, 5) is 4.01. The first kappa shape index (κ1) is 9.59. The van der Waals surface area contributed by atoms with E-state index in [-0.39, 0.29) is 0 Å². The Kier molecular flexibility index (Phi) is 2.57. The third kappa shape index (κ3) is 2.22. The van der Waals surface area contributed by atoms with E-state index in [1.165, 1.54) is 0 Å². The lowest BCUT2D eigenvalue weighted by Crippen LogP contribution is -2.31. The second-order valence-corrected chi connectivity index (χ2v) is 3.10. The van der Waals surface area contributed by atoms with Crippen molar-refractivity contribution in [2.45, 2.75) is 32.7 Å². The lowest BCUT2D eigenvalue weighted by molar-refractivity contribution is 0.416. The van der Waals surface area contributed by atoms with Crippen LogP contribution in [0, 0.1) is 19.3 Å². The molecule has 1 heterocycles. The van der Waals surface area contributed by atoms with Crippen molar-refractivity contribution in [3.63, 3.8) is 0 Å². The highest BCUT2D eigenvalue weighted by Crippen LogP contribution is 2.15. The van der Waals surface area contributed by atoms with Crippen LogP contribution in [0.15, 0.2) is 4.52 Å². The van der Waals surface area contributed by atoms with Crippen molar-refractivity contribution >= 4 is 6.01 Å². The molecule has 0 fully saturated rings. The third-order valence-corrected chi connectivity index (χ3v) is 1.94. The van der Waals surface area contributed by atoms with Crippen LogP contribution in [0.5, 0.6) is 0 Å². The molecular weight excluding hydrogens is 166 g/mol. The van der Waals surface area contributed by atoms with Crippen LogP contribution in [0.3, 0.4) is 0 Å². The number of rotatable bonds is 3. The Morgan fingerprint density at radius 3 is 2.77 bits per heavy atom. The number of anilines is 1. The highest BCUT2D eigenvalue weighted by Gasteiger charge is 2.20. The van der Waals surface area contributed by atoms with Crippen LogP contribution in [-0.2, 0) is 0 Å². The minimum atomic E-state index is -0.418. The summed E-state index contributed by atoms with van der Waals surface area (Å²) in [6.07, 6.45) is 6.17. The number of nitrogens with one attached hydrogen (secondary N) is 1. The first-order valence-corrected chi connectivity index (χ1v) is 4.16. The van der Waals surface area contributed by atoms with E-state index < -0.39 is 5.54 Å². The second kappa shape index (κ2) is 3.48. The Balaban J connectivity index is 2.74. The molecule has 0 aromatic carbocycles. The van der Waals surface area contributed by atoms with E-state index in [1.54, 1.807) is 6.92 Å². The Hall–Kier alpha value is -1.50. The highest BCUT2D eigenvalue weighted by atomic mass is 16.5. The van der Waals surface area contributed by atoms with Gasteiger partial charge in [0.15, 0.2) is 5.82 Å². The van der Waals surface area contributed by atoms with Crippen molar-refractivity contribution in [3.8, 4) is 12.3 Å². The number of hydrogen-bond acceptors (Lipinski definition) is 4. The topological polar surface area (TPSA) is 51.0 Å². The molecule has 0 aliphatic heterocycles. The van der Waals surface area contributed by atoms with Gasteiger partial charge in [-0.05, 0) is 20.3 Å². The van der Waals surface area contributed by atoms with Crippen LogP contribution < -0.4 is 5.32 Å². The summed E-state index contributed by atoms with van der Waals surface area (Å²) in [5.41, 5.74) is -0.418. The van der Waals surface area contributed by atoms with Crippen LogP contribution in [0.1, 0.15) is 26.1 Å². The molecule has 13 heavy (non-hydrogen) atoms. The molecule has 0 saturated carbocycles. The average Bonchev–Trinajstić information content (AvgIpc) is 2.51. The van der Waals surface area contributed by atoms with Gasteiger partial charge in [0.2, 0.25) is 0 Å². The van der Waals surface area contributed by atoms with Crippen LogP contribution >= 0.6 is 0 Å². The van der Waals surface area contributed by atoms with E-state index in [4.69, 9.17) is 10.9 Å². The van der Waals surface area contributed by atoms with Gasteiger partial charge in [0.1, 0.15) is 0 Å². The molecule has 0 bridgehead atoms. The molecule has 1 N–H and O–H groups in total. The minimum Gasteiger partial charge on any atom is -0.322 e. The number of hydrogen-bond donors (Lipinski definition) is 1. The molecule has 1 unspecified atom stereocenters. The summed E-state index contributed by atoms with van der Waals surface area (Å²) in [5.74, 6) is 3.24. The molecule has 0 radical (unpaired) electrons. The largest absolute Gasteiger partial charge is 0.322 e. The monoisotopic (exact) mass is 179 g/mol. The molecule has 0 aliphatic rings. The predicted molar refractivity (Wildman–Crippen MR) is 50.2 cm³/mol.